The van der Waals surface area contributed by atoms with Crippen LogP contribution in [-0.2, 0) is 9.53 Å². The summed E-state index contributed by atoms with van der Waals surface area (Å²) in [5, 5.41) is 13.0. The Morgan fingerprint density at radius 2 is 1.95 bits per heavy atom. The number of likely N-dealkylation sites (tertiary alicyclic amines) is 1. The quantitative estimate of drug-likeness (QED) is 0.794. The zero-order valence-electron chi connectivity index (χ0n) is 12.3. The molecule has 0 amide bonds. The summed E-state index contributed by atoms with van der Waals surface area (Å²) in [5.41, 5.74) is -0.663. The van der Waals surface area contributed by atoms with E-state index in [-0.39, 0.29) is 0 Å². The van der Waals surface area contributed by atoms with Crippen molar-refractivity contribution in [2.24, 2.45) is 0 Å². The van der Waals surface area contributed by atoms with Gasteiger partial charge in [-0.05, 0) is 44.9 Å². The molecule has 0 radical (unpaired) electrons. The minimum absolute atomic E-state index is 0.390. The molecule has 3 aliphatic rings. The SMILES string of the molecule is COC1CCN(C2CCC(NC3CC3)(C(=O)O)C2)CC1. The Kier molecular flexibility index (Phi) is 4.02. The van der Waals surface area contributed by atoms with Gasteiger partial charge < -0.3 is 14.7 Å². The van der Waals surface area contributed by atoms with E-state index in [9.17, 15) is 9.90 Å². The zero-order valence-corrected chi connectivity index (χ0v) is 12.3. The summed E-state index contributed by atoms with van der Waals surface area (Å²) in [4.78, 5) is 14.2. The molecule has 2 saturated carbocycles. The van der Waals surface area contributed by atoms with Gasteiger partial charge in [0.25, 0.3) is 0 Å². The molecule has 0 spiro atoms. The average Bonchev–Trinajstić information content (AvgIpc) is 3.15. The van der Waals surface area contributed by atoms with Crippen molar-refractivity contribution in [1.29, 1.82) is 0 Å². The van der Waals surface area contributed by atoms with E-state index < -0.39 is 11.5 Å². The Balaban J connectivity index is 1.58. The highest BCUT2D eigenvalue weighted by Gasteiger charge is 2.49. The van der Waals surface area contributed by atoms with Gasteiger partial charge in [0, 0.05) is 32.3 Å². The normalized spacial score (nSPS) is 36.4. The Morgan fingerprint density at radius 3 is 2.50 bits per heavy atom. The van der Waals surface area contributed by atoms with Crippen LogP contribution in [0, 0.1) is 0 Å². The lowest BCUT2D eigenvalue weighted by Gasteiger charge is -2.36. The van der Waals surface area contributed by atoms with Crippen LogP contribution in [0.25, 0.3) is 0 Å². The third kappa shape index (κ3) is 2.85. The molecule has 0 aromatic heterocycles. The molecule has 2 aliphatic carbocycles. The molecule has 114 valence electrons. The van der Waals surface area contributed by atoms with Crippen molar-refractivity contribution in [3.05, 3.63) is 0 Å². The smallest absolute Gasteiger partial charge is 0.323 e. The standard InChI is InChI=1S/C15H26N2O3/c1-20-13-5-8-17(9-6-13)12-4-7-15(10-12,14(18)19)16-11-2-3-11/h11-13,16H,2-10H2,1H3,(H,18,19). The number of nitrogens with one attached hydrogen (secondary N) is 1. The van der Waals surface area contributed by atoms with E-state index in [0.717, 1.165) is 58.0 Å². The number of methoxy groups -OCH3 is 1. The van der Waals surface area contributed by atoms with Crippen LogP contribution in [0.15, 0.2) is 0 Å². The molecule has 0 aromatic carbocycles. The molecule has 1 saturated heterocycles. The van der Waals surface area contributed by atoms with Gasteiger partial charge in [-0.1, -0.05) is 0 Å². The number of nitrogens with zero attached hydrogens (tertiary/aromatic N) is 1. The number of rotatable bonds is 5. The van der Waals surface area contributed by atoms with Gasteiger partial charge in [0.15, 0.2) is 0 Å². The molecule has 5 nitrogen and oxygen atoms in total. The molecule has 0 aromatic rings. The maximum atomic E-state index is 11.7. The fourth-order valence-electron chi connectivity index (χ4n) is 3.81. The van der Waals surface area contributed by atoms with Crippen LogP contribution < -0.4 is 5.32 Å². The number of piperidine rings is 1. The number of carboxylic acid groups (broad SMARTS) is 1. The first kappa shape index (κ1) is 14.3. The highest BCUT2D eigenvalue weighted by molar-refractivity contribution is 5.79. The number of hydrogen-bond acceptors (Lipinski definition) is 4. The third-order valence-corrected chi connectivity index (χ3v) is 5.28. The molecule has 2 atom stereocenters. The lowest BCUT2D eigenvalue weighted by Crippen LogP contribution is -2.52. The molecular formula is C15H26N2O3. The van der Waals surface area contributed by atoms with Crippen molar-refractivity contribution in [3.63, 3.8) is 0 Å². The van der Waals surface area contributed by atoms with Crippen molar-refractivity contribution in [3.8, 4) is 0 Å². The topological polar surface area (TPSA) is 61.8 Å². The van der Waals surface area contributed by atoms with E-state index in [1.165, 1.54) is 0 Å². The number of carbonyl (C=O) groups is 1. The minimum atomic E-state index is -0.663. The third-order valence-electron chi connectivity index (χ3n) is 5.28. The van der Waals surface area contributed by atoms with Crippen LogP contribution in [0.1, 0.15) is 44.9 Å². The number of hydrogen-bond donors (Lipinski definition) is 2. The predicted molar refractivity (Wildman–Crippen MR) is 75.8 cm³/mol. The molecular weight excluding hydrogens is 256 g/mol. The van der Waals surface area contributed by atoms with Gasteiger partial charge in [0.05, 0.1) is 6.10 Å². The Bertz CT molecular complexity index is 364. The summed E-state index contributed by atoms with van der Waals surface area (Å²) in [6.07, 6.45) is 7.35. The van der Waals surface area contributed by atoms with Gasteiger partial charge in [0.1, 0.15) is 5.54 Å². The van der Waals surface area contributed by atoms with Crippen LogP contribution in [-0.4, -0.2) is 59.9 Å². The monoisotopic (exact) mass is 282 g/mol. The first-order valence-corrected chi connectivity index (χ1v) is 7.91. The van der Waals surface area contributed by atoms with Crippen molar-refractivity contribution in [1.82, 2.24) is 10.2 Å². The highest BCUT2D eigenvalue weighted by Crippen LogP contribution is 2.37. The van der Waals surface area contributed by atoms with Crippen LogP contribution in [0.2, 0.25) is 0 Å². The van der Waals surface area contributed by atoms with Crippen LogP contribution in [0.3, 0.4) is 0 Å². The molecule has 5 heteroatoms. The van der Waals surface area contributed by atoms with Crippen molar-refractivity contribution in [2.45, 2.75) is 68.7 Å². The van der Waals surface area contributed by atoms with Crippen LogP contribution in [0.5, 0.6) is 0 Å². The fourth-order valence-corrected chi connectivity index (χ4v) is 3.81. The molecule has 2 N–H and O–H groups in total. The summed E-state index contributed by atoms with van der Waals surface area (Å²) in [7, 11) is 1.78. The summed E-state index contributed by atoms with van der Waals surface area (Å²) in [6.45, 7) is 2.09. The van der Waals surface area contributed by atoms with E-state index >= 15 is 0 Å². The second-order valence-corrected chi connectivity index (χ2v) is 6.67. The van der Waals surface area contributed by atoms with Crippen molar-refractivity contribution < 1.29 is 14.6 Å². The van der Waals surface area contributed by atoms with Gasteiger partial charge in [-0.25, -0.2) is 0 Å². The Labute approximate surface area is 120 Å². The number of ether oxygens (including phenoxy) is 1. The Hall–Kier alpha value is -0.650. The second-order valence-electron chi connectivity index (χ2n) is 6.67. The molecule has 1 aliphatic heterocycles. The van der Waals surface area contributed by atoms with Gasteiger partial charge in [-0.2, -0.15) is 0 Å². The molecule has 3 rings (SSSR count). The first-order chi connectivity index (χ1) is 9.63. The lowest BCUT2D eigenvalue weighted by atomic mass is 9.96. The van der Waals surface area contributed by atoms with Crippen LogP contribution in [0.4, 0.5) is 0 Å². The minimum Gasteiger partial charge on any atom is -0.480 e. The molecule has 20 heavy (non-hydrogen) atoms. The van der Waals surface area contributed by atoms with Gasteiger partial charge in [-0.15, -0.1) is 0 Å². The van der Waals surface area contributed by atoms with E-state index in [4.69, 9.17) is 4.74 Å². The van der Waals surface area contributed by atoms with Crippen LogP contribution >= 0.6 is 0 Å². The molecule has 1 heterocycles. The van der Waals surface area contributed by atoms with Crippen molar-refractivity contribution >= 4 is 5.97 Å². The van der Waals surface area contributed by atoms with E-state index in [2.05, 4.69) is 10.2 Å². The summed E-state index contributed by atoms with van der Waals surface area (Å²) in [5.74, 6) is -0.654. The molecule has 0 bridgehead atoms. The summed E-state index contributed by atoms with van der Waals surface area (Å²) >= 11 is 0. The maximum Gasteiger partial charge on any atom is 0.323 e. The van der Waals surface area contributed by atoms with Crippen molar-refractivity contribution in [2.75, 3.05) is 20.2 Å². The Morgan fingerprint density at radius 1 is 1.25 bits per heavy atom. The predicted octanol–water partition coefficient (Wildman–Crippen LogP) is 1.23. The fraction of sp³-hybridized carbons (Fsp3) is 0.933. The zero-order chi connectivity index (χ0) is 14.2. The van der Waals surface area contributed by atoms with E-state index in [1.54, 1.807) is 7.11 Å². The largest absolute Gasteiger partial charge is 0.480 e. The highest BCUT2D eigenvalue weighted by atomic mass is 16.5. The molecule has 3 fully saturated rings. The van der Waals surface area contributed by atoms with Gasteiger partial charge in [-0.3, -0.25) is 10.1 Å². The average molecular weight is 282 g/mol. The van der Waals surface area contributed by atoms with E-state index in [0.29, 0.717) is 18.2 Å². The van der Waals surface area contributed by atoms with E-state index in [1.807, 2.05) is 0 Å². The maximum absolute atomic E-state index is 11.7. The van der Waals surface area contributed by atoms with Gasteiger partial charge in [0.2, 0.25) is 0 Å². The number of carboxylic acids is 1. The summed E-state index contributed by atoms with van der Waals surface area (Å²) in [6, 6.07) is 0.874. The number of aliphatic carboxylic acids is 1. The van der Waals surface area contributed by atoms with Gasteiger partial charge >= 0.3 is 5.97 Å². The molecule has 2 unspecified atom stereocenters. The second kappa shape index (κ2) is 5.62. The lowest BCUT2D eigenvalue weighted by molar-refractivity contribution is -0.145. The first-order valence-electron chi connectivity index (χ1n) is 7.91. The summed E-state index contributed by atoms with van der Waals surface area (Å²) < 4.78 is 5.41.